The summed E-state index contributed by atoms with van der Waals surface area (Å²) >= 11 is 0. The first kappa shape index (κ1) is 9.15. The minimum Gasteiger partial charge on any atom is -0.204 e. The van der Waals surface area contributed by atoms with E-state index in [0.717, 1.165) is 12.1 Å². The molecule has 0 saturated carbocycles. The third-order valence-electron chi connectivity index (χ3n) is 1.54. The smallest absolute Gasteiger partial charge is 0.160 e. The standard InChI is InChI=1S/C9H4F2N2/c10-8-3-6(1-2-12)7(5-13)4-9(8)11/h3-4H,1H2. The molecule has 64 valence electrons. The van der Waals surface area contributed by atoms with Gasteiger partial charge in [-0.25, -0.2) is 8.78 Å². The van der Waals surface area contributed by atoms with E-state index in [9.17, 15) is 8.78 Å². The molecule has 1 rings (SSSR count). The Morgan fingerprint density at radius 1 is 1.15 bits per heavy atom. The minimum absolute atomic E-state index is 0.000417. The molecule has 0 bridgehead atoms. The Morgan fingerprint density at radius 2 is 1.77 bits per heavy atom. The third kappa shape index (κ3) is 1.80. The summed E-state index contributed by atoms with van der Waals surface area (Å²) in [5, 5.41) is 16.8. The maximum Gasteiger partial charge on any atom is 0.160 e. The van der Waals surface area contributed by atoms with Crippen LogP contribution in [-0.2, 0) is 6.42 Å². The normalized spacial score (nSPS) is 8.92. The van der Waals surface area contributed by atoms with Crippen molar-refractivity contribution in [2.75, 3.05) is 0 Å². The van der Waals surface area contributed by atoms with Crippen LogP contribution in [0.2, 0.25) is 0 Å². The molecule has 4 heteroatoms. The number of nitrogens with zero attached hydrogens (tertiary/aromatic N) is 2. The van der Waals surface area contributed by atoms with Crippen LogP contribution >= 0.6 is 0 Å². The topological polar surface area (TPSA) is 47.6 Å². The van der Waals surface area contributed by atoms with Gasteiger partial charge in [0.25, 0.3) is 0 Å². The molecule has 0 aliphatic carbocycles. The average Bonchev–Trinajstić information content (AvgIpc) is 2.11. The summed E-state index contributed by atoms with van der Waals surface area (Å²) in [5.41, 5.74) is 0.212. The van der Waals surface area contributed by atoms with Crippen LogP contribution in [0, 0.1) is 34.3 Å². The Balaban J connectivity index is 3.28. The maximum atomic E-state index is 12.6. The van der Waals surface area contributed by atoms with Crippen molar-refractivity contribution in [3.05, 3.63) is 34.9 Å². The second kappa shape index (κ2) is 3.64. The van der Waals surface area contributed by atoms with E-state index < -0.39 is 11.6 Å². The first-order chi connectivity index (χ1) is 6.19. The number of nitriles is 2. The highest BCUT2D eigenvalue weighted by Gasteiger charge is 2.08. The Labute approximate surface area is 73.6 Å². The second-order valence-corrected chi connectivity index (χ2v) is 2.37. The highest BCUT2D eigenvalue weighted by molar-refractivity contribution is 5.39. The van der Waals surface area contributed by atoms with Crippen molar-refractivity contribution in [1.82, 2.24) is 0 Å². The van der Waals surface area contributed by atoms with Gasteiger partial charge in [0.1, 0.15) is 0 Å². The SMILES string of the molecule is N#CCc1cc(F)c(F)cc1C#N. The van der Waals surface area contributed by atoms with Gasteiger partial charge in [-0.1, -0.05) is 0 Å². The van der Waals surface area contributed by atoms with Crippen LogP contribution < -0.4 is 0 Å². The van der Waals surface area contributed by atoms with Gasteiger partial charge in [0, 0.05) is 0 Å². The molecule has 0 spiro atoms. The molecule has 1 aromatic rings. The summed E-state index contributed by atoms with van der Waals surface area (Å²) in [6.45, 7) is 0. The predicted octanol–water partition coefficient (Wildman–Crippen LogP) is 1.90. The quantitative estimate of drug-likeness (QED) is 0.659. The Morgan fingerprint density at radius 3 is 2.31 bits per heavy atom. The lowest BCUT2D eigenvalue weighted by Gasteiger charge is -1.99. The molecular weight excluding hydrogens is 174 g/mol. The van der Waals surface area contributed by atoms with E-state index in [1.165, 1.54) is 0 Å². The molecular formula is C9H4F2N2. The summed E-state index contributed by atoms with van der Waals surface area (Å²) in [7, 11) is 0. The lowest BCUT2D eigenvalue weighted by Crippen LogP contribution is -1.93. The van der Waals surface area contributed by atoms with Crippen molar-refractivity contribution >= 4 is 0 Å². The monoisotopic (exact) mass is 178 g/mol. The molecule has 0 atom stereocenters. The van der Waals surface area contributed by atoms with Gasteiger partial charge in [0.15, 0.2) is 11.6 Å². The fourth-order valence-corrected chi connectivity index (χ4v) is 0.924. The fraction of sp³-hybridized carbons (Fsp3) is 0.111. The maximum absolute atomic E-state index is 12.6. The molecule has 0 unspecified atom stereocenters. The zero-order valence-electron chi connectivity index (χ0n) is 6.51. The van der Waals surface area contributed by atoms with E-state index in [1.54, 1.807) is 12.1 Å². The van der Waals surface area contributed by atoms with Crippen molar-refractivity contribution in [2.45, 2.75) is 6.42 Å². The van der Waals surface area contributed by atoms with Crippen molar-refractivity contribution in [2.24, 2.45) is 0 Å². The van der Waals surface area contributed by atoms with Crippen LogP contribution in [0.1, 0.15) is 11.1 Å². The van der Waals surface area contributed by atoms with Gasteiger partial charge >= 0.3 is 0 Å². The van der Waals surface area contributed by atoms with Gasteiger partial charge in [0.2, 0.25) is 0 Å². The van der Waals surface area contributed by atoms with Gasteiger partial charge in [-0.15, -0.1) is 0 Å². The molecule has 0 saturated heterocycles. The van der Waals surface area contributed by atoms with Crippen LogP contribution in [0.15, 0.2) is 12.1 Å². The Bertz CT molecular complexity index is 413. The molecule has 0 aliphatic rings. The average molecular weight is 178 g/mol. The zero-order chi connectivity index (χ0) is 9.84. The molecule has 0 N–H and O–H groups in total. The lowest BCUT2D eigenvalue weighted by atomic mass is 10.1. The molecule has 1 aromatic carbocycles. The number of rotatable bonds is 1. The minimum atomic E-state index is -1.07. The van der Waals surface area contributed by atoms with Crippen LogP contribution in [0.25, 0.3) is 0 Å². The van der Waals surface area contributed by atoms with Gasteiger partial charge in [-0.3, -0.25) is 0 Å². The lowest BCUT2D eigenvalue weighted by molar-refractivity contribution is 0.507. The molecule has 0 fully saturated rings. The summed E-state index contributed by atoms with van der Waals surface area (Å²) in [4.78, 5) is 0. The van der Waals surface area contributed by atoms with Crippen molar-refractivity contribution in [3.8, 4) is 12.1 Å². The zero-order valence-corrected chi connectivity index (χ0v) is 6.51. The molecule has 0 aromatic heterocycles. The van der Waals surface area contributed by atoms with Crippen LogP contribution in [0.3, 0.4) is 0 Å². The van der Waals surface area contributed by atoms with Crippen LogP contribution in [0.4, 0.5) is 8.78 Å². The van der Waals surface area contributed by atoms with E-state index >= 15 is 0 Å². The first-order valence-corrected chi connectivity index (χ1v) is 3.44. The van der Waals surface area contributed by atoms with E-state index in [4.69, 9.17) is 10.5 Å². The van der Waals surface area contributed by atoms with E-state index in [-0.39, 0.29) is 17.5 Å². The summed E-state index contributed by atoms with van der Waals surface area (Å²) in [5.74, 6) is -2.11. The Kier molecular flexibility index (Phi) is 2.56. The van der Waals surface area contributed by atoms with Crippen LogP contribution in [-0.4, -0.2) is 0 Å². The molecule has 0 heterocycles. The molecule has 0 aliphatic heterocycles. The number of hydrogen-bond acceptors (Lipinski definition) is 2. The molecule has 13 heavy (non-hydrogen) atoms. The van der Waals surface area contributed by atoms with Gasteiger partial charge in [-0.2, -0.15) is 10.5 Å². The molecule has 2 nitrogen and oxygen atoms in total. The van der Waals surface area contributed by atoms with Crippen LogP contribution in [0.5, 0.6) is 0 Å². The third-order valence-corrected chi connectivity index (χ3v) is 1.54. The number of hydrogen-bond donors (Lipinski definition) is 0. The largest absolute Gasteiger partial charge is 0.204 e. The summed E-state index contributed by atoms with van der Waals surface area (Å²) in [6.07, 6.45) is -0.0971. The van der Waals surface area contributed by atoms with Crippen molar-refractivity contribution in [1.29, 1.82) is 10.5 Å². The highest BCUT2D eigenvalue weighted by Crippen LogP contribution is 2.14. The number of benzene rings is 1. The first-order valence-electron chi connectivity index (χ1n) is 3.44. The van der Waals surface area contributed by atoms with Crippen molar-refractivity contribution in [3.63, 3.8) is 0 Å². The van der Waals surface area contributed by atoms with Gasteiger partial charge in [-0.05, 0) is 17.7 Å². The summed E-state index contributed by atoms with van der Waals surface area (Å²) < 4.78 is 25.2. The van der Waals surface area contributed by atoms with Crippen molar-refractivity contribution < 1.29 is 8.78 Å². The molecule has 0 radical (unpaired) electrons. The van der Waals surface area contributed by atoms with Gasteiger partial charge in [0.05, 0.1) is 24.1 Å². The fourth-order valence-electron chi connectivity index (χ4n) is 0.924. The highest BCUT2D eigenvalue weighted by atomic mass is 19.2. The number of halogens is 2. The summed E-state index contributed by atoms with van der Waals surface area (Å²) in [6, 6.07) is 5.12. The predicted molar refractivity (Wildman–Crippen MR) is 40.4 cm³/mol. The van der Waals surface area contributed by atoms with Gasteiger partial charge < -0.3 is 0 Å². The van der Waals surface area contributed by atoms with E-state index in [2.05, 4.69) is 0 Å². The van der Waals surface area contributed by atoms with E-state index in [0.29, 0.717) is 0 Å². The molecule has 0 amide bonds. The van der Waals surface area contributed by atoms with E-state index in [1.807, 2.05) is 0 Å². The Hall–Kier alpha value is -1.94. The second-order valence-electron chi connectivity index (χ2n) is 2.37.